The van der Waals surface area contributed by atoms with Gasteiger partial charge in [-0.1, -0.05) is 43.7 Å². The summed E-state index contributed by atoms with van der Waals surface area (Å²) in [5.41, 5.74) is 2.80. The summed E-state index contributed by atoms with van der Waals surface area (Å²) in [5, 5.41) is 3.42. The highest BCUT2D eigenvalue weighted by Crippen LogP contribution is 2.25. The van der Waals surface area contributed by atoms with Crippen molar-refractivity contribution in [3.8, 4) is 0 Å². The fourth-order valence-electron chi connectivity index (χ4n) is 2.26. The molecule has 0 aliphatic heterocycles. The zero-order valence-electron chi connectivity index (χ0n) is 10.4. The third-order valence-electron chi connectivity index (χ3n) is 3.24. The van der Waals surface area contributed by atoms with Gasteiger partial charge in [0.25, 0.3) is 0 Å². The molecule has 84 valence electrons. The topological polar surface area (TPSA) is 12.0 Å². The van der Waals surface area contributed by atoms with E-state index in [0.29, 0.717) is 12.0 Å². The summed E-state index contributed by atoms with van der Waals surface area (Å²) in [6, 6.07) is 9.55. The average Bonchev–Trinajstić information content (AvgIpc) is 2.27. The van der Waals surface area contributed by atoms with Gasteiger partial charge in [-0.05, 0) is 38.3 Å². The minimum absolute atomic E-state index is 0.595. The molecule has 0 aliphatic carbocycles. The molecule has 0 amide bonds. The first-order valence-electron chi connectivity index (χ1n) is 5.96. The van der Waals surface area contributed by atoms with Crippen molar-refractivity contribution in [2.75, 3.05) is 7.05 Å². The fourth-order valence-corrected chi connectivity index (χ4v) is 2.26. The lowest BCUT2D eigenvalue weighted by Gasteiger charge is -2.25. The van der Waals surface area contributed by atoms with E-state index in [4.69, 9.17) is 0 Å². The van der Waals surface area contributed by atoms with Gasteiger partial charge in [0.15, 0.2) is 0 Å². The van der Waals surface area contributed by atoms with Crippen LogP contribution in [0.15, 0.2) is 24.3 Å². The Bertz CT molecular complexity index is 272. The Kier molecular flexibility index (Phi) is 4.83. The van der Waals surface area contributed by atoms with Crippen LogP contribution < -0.4 is 5.32 Å². The molecule has 0 aliphatic rings. The second kappa shape index (κ2) is 5.92. The summed E-state index contributed by atoms with van der Waals surface area (Å²) in [5.74, 6) is 0.639. The Morgan fingerprint density at radius 3 is 2.07 bits per heavy atom. The highest BCUT2D eigenvalue weighted by molar-refractivity contribution is 5.25. The van der Waals surface area contributed by atoms with Crippen LogP contribution in [0.5, 0.6) is 0 Å². The van der Waals surface area contributed by atoms with Crippen LogP contribution in [-0.2, 0) is 0 Å². The van der Waals surface area contributed by atoms with Crippen LogP contribution in [-0.4, -0.2) is 13.1 Å². The van der Waals surface area contributed by atoms with E-state index in [1.54, 1.807) is 0 Å². The molecule has 0 saturated heterocycles. The molecule has 1 rings (SSSR count). The number of benzene rings is 1. The molecule has 0 bridgehead atoms. The summed E-state index contributed by atoms with van der Waals surface area (Å²) < 4.78 is 0. The minimum Gasteiger partial charge on any atom is -0.316 e. The Morgan fingerprint density at radius 2 is 1.67 bits per heavy atom. The van der Waals surface area contributed by atoms with E-state index in [2.05, 4.69) is 57.4 Å². The summed E-state index contributed by atoms with van der Waals surface area (Å²) >= 11 is 0. The Morgan fingerprint density at radius 1 is 1.07 bits per heavy atom. The van der Waals surface area contributed by atoms with E-state index in [1.807, 2.05) is 0 Å². The number of aryl methyl sites for hydroxylation is 1. The van der Waals surface area contributed by atoms with Gasteiger partial charge >= 0.3 is 0 Å². The first kappa shape index (κ1) is 12.3. The van der Waals surface area contributed by atoms with E-state index < -0.39 is 0 Å². The number of hydrogen-bond acceptors (Lipinski definition) is 1. The van der Waals surface area contributed by atoms with Crippen molar-refractivity contribution in [1.82, 2.24) is 5.32 Å². The maximum atomic E-state index is 3.42. The smallest absolute Gasteiger partial charge is 0.0130 e. The predicted molar refractivity (Wildman–Crippen MR) is 67.3 cm³/mol. The number of likely N-dealkylation sites (N-methyl/N-ethyl adjacent to an activating group) is 1. The van der Waals surface area contributed by atoms with Crippen molar-refractivity contribution in [2.45, 2.75) is 45.6 Å². The average molecular weight is 205 g/mol. The monoisotopic (exact) mass is 205 g/mol. The van der Waals surface area contributed by atoms with Crippen LogP contribution in [0.2, 0.25) is 0 Å². The Balaban J connectivity index is 2.86. The van der Waals surface area contributed by atoms with E-state index in [0.717, 1.165) is 0 Å². The van der Waals surface area contributed by atoms with Crippen molar-refractivity contribution >= 4 is 0 Å². The minimum atomic E-state index is 0.595. The summed E-state index contributed by atoms with van der Waals surface area (Å²) in [7, 11) is 2.06. The molecule has 1 N–H and O–H groups in total. The zero-order chi connectivity index (χ0) is 11.3. The Labute approximate surface area is 93.9 Å². The molecule has 0 saturated carbocycles. The van der Waals surface area contributed by atoms with E-state index in [1.165, 1.54) is 24.0 Å². The van der Waals surface area contributed by atoms with Gasteiger partial charge in [0, 0.05) is 6.04 Å². The first-order valence-corrected chi connectivity index (χ1v) is 5.96. The quantitative estimate of drug-likeness (QED) is 0.776. The molecular weight excluding hydrogens is 182 g/mol. The summed E-state index contributed by atoms with van der Waals surface area (Å²) in [6.45, 7) is 6.66. The van der Waals surface area contributed by atoms with Crippen LogP contribution >= 0.6 is 0 Å². The second-order valence-electron chi connectivity index (χ2n) is 4.23. The SMILES string of the molecule is CCC(NC)C(CC)c1ccc(C)cc1. The van der Waals surface area contributed by atoms with Crippen LogP contribution in [0.3, 0.4) is 0 Å². The molecule has 2 atom stereocenters. The lowest BCUT2D eigenvalue weighted by molar-refractivity contribution is 0.440. The number of hydrogen-bond donors (Lipinski definition) is 1. The van der Waals surface area contributed by atoms with Gasteiger partial charge in [-0.3, -0.25) is 0 Å². The Hall–Kier alpha value is -0.820. The van der Waals surface area contributed by atoms with Crippen LogP contribution in [0.1, 0.15) is 43.7 Å². The summed E-state index contributed by atoms with van der Waals surface area (Å²) in [6.07, 6.45) is 2.38. The standard InChI is InChI=1S/C14H23N/c1-5-13(14(6-2)15-4)12-9-7-11(3)8-10-12/h7-10,13-15H,5-6H2,1-4H3. The molecule has 0 radical (unpaired) electrons. The van der Waals surface area contributed by atoms with Gasteiger partial charge in [0.1, 0.15) is 0 Å². The van der Waals surface area contributed by atoms with E-state index >= 15 is 0 Å². The van der Waals surface area contributed by atoms with Gasteiger partial charge in [-0.2, -0.15) is 0 Å². The van der Waals surface area contributed by atoms with E-state index in [9.17, 15) is 0 Å². The lowest BCUT2D eigenvalue weighted by atomic mass is 9.87. The van der Waals surface area contributed by atoms with Gasteiger partial charge in [-0.25, -0.2) is 0 Å². The lowest BCUT2D eigenvalue weighted by Crippen LogP contribution is -2.31. The van der Waals surface area contributed by atoms with E-state index in [-0.39, 0.29) is 0 Å². The van der Waals surface area contributed by atoms with Crippen molar-refractivity contribution in [3.05, 3.63) is 35.4 Å². The number of nitrogens with one attached hydrogen (secondary N) is 1. The second-order valence-corrected chi connectivity index (χ2v) is 4.23. The summed E-state index contributed by atoms with van der Waals surface area (Å²) in [4.78, 5) is 0. The van der Waals surface area contributed by atoms with Crippen molar-refractivity contribution in [3.63, 3.8) is 0 Å². The van der Waals surface area contributed by atoms with Crippen LogP contribution in [0.25, 0.3) is 0 Å². The van der Waals surface area contributed by atoms with Gasteiger partial charge in [-0.15, -0.1) is 0 Å². The van der Waals surface area contributed by atoms with Gasteiger partial charge in [0.2, 0.25) is 0 Å². The molecule has 0 heterocycles. The molecule has 0 fully saturated rings. The maximum absolute atomic E-state index is 3.42. The van der Waals surface area contributed by atoms with Crippen molar-refractivity contribution in [1.29, 1.82) is 0 Å². The van der Waals surface area contributed by atoms with Crippen LogP contribution in [0, 0.1) is 6.92 Å². The number of rotatable bonds is 5. The van der Waals surface area contributed by atoms with Crippen molar-refractivity contribution in [2.24, 2.45) is 0 Å². The molecule has 0 spiro atoms. The molecule has 1 heteroatoms. The maximum Gasteiger partial charge on any atom is 0.0130 e. The fraction of sp³-hybridized carbons (Fsp3) is 0.571. The van der Waals surface area contributed by atoms with Crippen molar-refractivity contribution < 1.29 is 0 Å². The molecule has 0 aromatic heterocycles. The van der Waals surface area contributed by atoms with Gasteiger partial charge < -0.3 is 5.32 Å². The molecule has 2 unspecified atom stereocenters. The molecule has 1 nitrogen and oxygen atoms in total. The predicted octanol–water partition coefficient (Wildman–Crippen LogP) is 3.49. The first-order chi connectivity index (χ1) is 7.22. The third kappa shape index (κ3) is 3.07. The third-order valence-corrected chi connectivity index (χ3v) is 3.24. The molecule has 1 aromatic rings. The zero-order valence-corrected chi connectivity index (χ0v) is 10.4. The molecular formula is C14H23N. The van der Waals surface area contributed by atoms with Crippen LogP contribution in [0.4, 0.5) is 0 Å². The normalized spacial score (nSPS) is 14.9. The largest absolute Gasteiger partial charge is 0.316 e. The van der Waals surface area contributed by atoms with Gasteiger partial charge in [0.05, 0.1) is 0 Å². The molecule has 15 heavy (non-hydrogen) atoms. The highest BCUT2D eigenvalue weighted by atomic mass is 14.9. The molecule has 1 aromatic carbocycles. The highest BCUT2D eigenvalue weighted by Gasteiger charge is 2.17.